The lowest BCUT2D eigenvalue weighted by atomic mass is 10.1. The molecule has 0 saturated carbocycles. The van der Waals surface area contributed by atoms with Crippen LogP contribution in [-0.4, -0.2) is 42.3 Å². The molecular formula is C16H25N3OS. The smallest absolute Gasteiger partial charge is 0.170 e. The predicted octanol–water partition coefficient (Wildman–Crippen LogP) is 2.85. The van der Waals surface area contributed by atoms with Crippen molar-refractivity contribution in [1.82, 2.24) is 10.2 Å². The van der Waals surface area contributed by atoms with Crippen LogP contribution in [0.3, 0.4) is 0 Å². The third-order valence-electron chi connectivity index (χ3n) is 3.52. The molecule has 1 aromatic rings. The van der Waals surface area contributed by atoms with E-state index in [1.54, 1.807) is 0 Å². The van der Waals surface area contributed by atoms with Gasteiger partial charge < -0.3 is 20.3 Å². The first kappa shape index (κ1) is 16.0. The minimum atomic E-state index is 0.171. The van der Waals surface area contributed by atoms with Crippen LogP contribution in [0.4, 0.5) is 5.69 Å². The van der Waals surface area contributed by atoms with Crippen molar-refractivity contribution in [2.45, 2.75) is 38.8 Å². The van der Waals surface area contributed by atoms with Gasteiger partial charge in [-0.05, 0) is 71.2 Å². The van der Waals surface area contributed by atoms with Crippen LogP contribution in [-0.2, 0) is 0 Å². The second kappa shape index (κ2) is 7.61. The summed E-state index contributed by atoms with van der Waals surface area (Å²) in [5.41, 5.74) is 0.957. The van der Waals surface area contributed by atoms with Crippen LogP contribution in [0.5, 0.6) is 5.75 Å². The lowest BCUT2D eigenvalue weighted by molar-refractivity contribution is 0.242. The summed E-state index contributed by atoms with van der Waals surface area (Å²) in [5.74, 6) is 0.858. The van der Waals surface area contributed by atoms with Gasteiger partial charge in [-0.25, -0.2) is 0 Å². The standard InChI is InChI=1S/C16H25N3OS/c1-12(2)20-15-6-4-5-14(11-15)18-16(21)17-13-7-9-19(3)10-8-13/h4-6,11-13H,7-10H2,1-3H3,(H2,17,18,21). The molecule has 0 radical (unpaired) electrons. The summed E-state index contributed by atoms with van der Waals surface area (Å²) in [6.07, 6.45) is 2.44. The van der Waals surface area contributed by atoms with E-state index in [1.165, 1.54) is 0 Å². The number of hydrogen-bond acceptors (Lipinski definition) is 3. The van der Waals surface area contributed by atoms with Gasteiger partial charge in [0.15, 0.2) is 5.11 Å². The van der Waals surface area contributed by atoms with Crippen LogP contribution in [0.25, 0.3) is 0 Å². The van der Waals surface area contributed by atoms with Crippen molar-refractivity contribution in [2.24, 2.45) is 0 Å². The van der Waals surface area contributed by atoms with Crippen LogP contribution < -0.4 is 15.4 Å². The molecule has 0 bridgehead atoms. The Hall–Kier alpha value is -1.33. The molecule has 0 spiro atoms. The molecule has 4 nitrogen and oxygen atoms in total. The molecule has 1 aliphatic heterocycles. The Morgan fingerprint density at radius 3 is 2.71 bits per heavy atom. The van der Waals surface area contributed by atoms with Gasteiger partial charge in [0.25, 0.3) is 0 Å². The van der Waals surface area contributed by atoms with E-state index in [0.717, 1.165) is 37.4 Å². The third kappa shape index (κ3) is 5.52. The van der Waals surface area contributed by atoms with E-state index in [4.69, 9.17) is 17.0 Å². The fourth-order valence-corrected chi connectivity index (χ4v) is 2.71. The van der Waals surface area contributed by atoms with Crippen LogP contribution >= 0.6 is 12.2 Å². The minimum absolute atomic E-state index is 0.171. The Labute approximate surface area is 132 Å². The van der Waals surface area contributed by atoms with Crippen molar-refractivity contribution in [3.63, 3.8) is 0 Å². The zero-order chi connectivity index (χ0) is 15.2. The maximum Gasteiger partial charge on any atom is 0.170 e. The topological polar surface area (TPSA) is 36.5 Å². The molecular weight excluding hydrogens is 282 g/mol. The number of likely N-dealkylation sites (tertiary alicyclic amines) is 1. The summed E-state index contributed by atoms with van der Waals surface area (Å²) in [6, 6.07) is 8.37. The molecule has 0 aromatic heterocycles. The van der Waals surface area contributed by atoms with Crippen molar-refractivity contribution >= 4 is 23.0 Å². The highest BCUT2D eigenvalue weighted by Gasteiger charge is 2.17. The molecule has 5 heteroatoms. The number of benzene rings is 1. The molecule has 2 rings (SSSR count). The Morgan fingerprint density at radius 2 is 2.05 bits per heavy atom. The van der Waals surface area contributed by atoms with Crippen molar-refractivity contribution < 1.29 is 4.74 Å². The number of rotatable bonds is 4. The van der Waals surface area contributed by atoms with E-state index in [9.17, 15) is 0 Å². The van der Waals surface area contributed by atoms with E-state index in [0.29, 0.717) is 11.2 Å². The lowest BCUT2D eigenvalue weighted by Crippen LogP contribution is -2.44. The predicted molar refractivity (Wildman–Crippen MR) is 92.1 cm³/mol. The molecule has 1 aromatic carbocycles. The average molecular weight is 307 g/mol. The Bertz CT molecular complexity index is 470. The summed E-state index contributed by atoms with van der Waals surface area (Å²) in [7, 11) is 2.16. The summed E-state index contributed by atoms with van der Waals surface area (Å²) in [4.78, 5) is 2.35. The number of piperidine rings is 1. The number of nitrogens with zero attached hydrogens (tertiary/aromatic N) is 1. The Balaban J connectivity index is 1.84. The number of thiocarbonyl (C=S) groups is 1. The average Bonchev–Trinajstić information content (AvgIpc) is 2.41. The fraction of sp³-hybridized carbons (Fsp3) is 0.562. The van der Waals surface area contributed by atoms with Gasteiger partial charge in [0.05, 0.1) is 6.10 Å². The maximum absolute atomic E-state index is 5.69. The Morgan fingerprint density at radius 1 is 1.33 bits per heavy atom. The highest BCUT2D eigenvalue weighted by molar-refractivity contribution is 7.80. The molecule has 1 heterocycles. The molecule has 116 valence electrons. The normalized spacial score (nSPS) is 16.8. The molecule has 1 aliphatic rings. The Kier molecular flexibility index (Phi) is 5.82. The van der Waals surface area contributed by atoms with Gasteiger partial charge in [-0.15, -0.1) is 0 Å². The molecule has 1 saturated heterocycles. The van der Waals surface area contributed by atoms with Crippen molar-refractivity contribution in [2.75, 3.05) is 25.5 Å². The molecule has 0 aliphatic carbocycles. The van der Waals surface area contributed by atoms with Crippen LogP contribution in [0, 0.1) is 0 Å². The van der Waals surface area contributed by atoms with Gasteiger partial charge in [0, 0.05) is 17.8 Å². The highest BCUT2D eigenvalue weighted by Crippen LogP contribution is 2.18. The van der Waals surface area contributed by atoms with Crippen molar-refractivity contribution in [3.8, 4) is 5.75 Å². The van der Waals surface area contributed by atoms with Gasteiger partial charge in [0.2, 0.25) is 0 Å². The zero-order valence-corrected chi connectivity index (χ0v) is 13.9. The zero-order valence-electron chi connectivity index (χ0n) is 13.1. The number of anilines is 1. The first-order valence-electron chi connectivity index (χ1n) is 7.55. The second-order valence-electron chi connectivity index (χ2n) is 5.87. The second-order valence-corrected chi connectivity index (χ2v) is 6.28. The van der Waals surface area contributed by atoms with E-state index in [-0.39, 0.29) is 6.10 Å². The number of hydrogen-bond donors (Lipinski definition) is 2. The van der Waals surface area contributed by atoms with E-state index in [2.05, 4.69) is 22.6 Å². The van der Waals surface area contributed by atoms with Crippen LogP contribution in [0.1, 0.15) is 26.7 Å². The van der Waals surface area contributed by atoms with Crippen LogP contribution in [0.2, 0.25) is 0 Å². The lowest BCUT2D eigenvalue weighted by Gasteiger charge is -2.30. The van der Waals surface area contributed by atoms with E-state index >= 15 is 0 Å². The summed E-state index contributed by atoms with van der Waals surface area (Å²) >= 11 is 5.40. The van der Waals surface area contributed by atoms with Crippen LogP contribution in [0.15, 0.2) is 24.3 Å². The first-order chi connectivity index (χ1) is 10.0. The third-order valence-corrected chi connectivity index (χ3v) is 3.74. The fourth-order valence-electron chi connectivity index (χ4n) is 2.42. The SMILES string of the molecule is CC(C)Oc1cccc(NC(=S)NC2CCN(C)CC2)c1. The molecule has 21 heavy (non-hydrogen) atoms. The molecule has 0 atom stereocenters. The quantitative estimate of drug-likeness (QED) is 0.837. The molecule has 0 amide bonds. The number of nitrogens with one attached hydrogen (secondary N) is 2. The number of ether oxygens (including phenoxy) is 1. The molecule has 2 N–H and O–H groups in total. The molecule has 0 unspecified atom stereocenters. The monoisotopic (exact) mass is 307 g/mol. The van der Waals surface area contributed by atoms with Crippen molar-refractivity contribution in [3.05, 3.63) is 24.3 Å². The molecule has 1 fully saturated rings. The van der Waals surface area contributed by atoms with Gasteiger partial charge >= 0.3 is 0 Å². The minimum Gasteiger partial charge on any atom is -0.491 e. The van der Waals surface area contributed by atoms with Gasteiger partial charge in [-0.1, -0.05) is 6.07 Å². The van der Waals surface area contributed by atoms with E-state index in [1.807, 2.05) is 38.1 Å². The first-order valence-corrected chi connectivity index (χ1v) is 7.96. The largest absolute Gasteiger partial charge is 0.491 e. The maximum atomic E-state index is 5.69. The van der Waals surface area contributed by atoms with Gasteiger partial charge in [0.1, 0.15) is 5.75 Å². The summed E-state index contributed by atoms with van der Waals surface area (Å²) in [6.45, 7) is 6.29. The van der Waals surface area contributed by atoms with E-state index < -0.39 is 0 Å². The van der Waals surface area contributed by atoms with Gasteiger partial charge in [-0.3, -0.25) is 0 Å². The summed E-state index contributed by atoms with van der Waals surface area (Å²) in [5, 5.41) is 7.33. The summed E-state index contributed by atoms with van der Waals surface area (Å²) < 4.78 is 5.69. The highest BCUT2D eigenvalue weighted by atomic mass is 32.1. The van der Waals surface area contributed by atoms with Gasteiger partial charge in [-0.2, -0.15) is 0 Å². The van der Waals surface area contributed by atoms with Crippen molar-refractivity contribution in [1.29, 1.82) is 0 Å².